The van der Waals surface area contributed by atoms with Crippen LogP contribution in [0.3, 0.4) is 0 Å². The van der Waals surface area contributed by atoms with Crippen molar-refractivity contribution in [3.63, 3.8) is 0 Å². The van der Waals surface area contributed by atoms with Gasteiger partial charge in [0.25, 0.3) is 0 Å². The highest BCUT2D eigenvalue weighted by Crippen LogP contribution is 2.41. The summed E-state index contributed by atoms with van der Waals surface area (Å²) in [6.45, 7) is 10.9. The Morgan fingerprint density at radius 2 is 1.44 bits per heavy atom. The van der Waals surface area contributed by atoms with Gasteiger partial charge in [0.1, 0.15) is 0 Å². The van der Waals surface area contributed by atoms with Crippen molar-refractivity contribution in [1.82, 2.24) is 5.32 Å². The summed E-state index contributed by atoms with van der Waals surface area (Å²) in [6.07, 6.45) is 7.43. The molecule has 0 aromatic rings. The Balaban J connectivity index is 0.000000711. The third-order valence-electron chi connectivity index (χ3n) is 3.67. The molecule has 16 heavy (non-hydrogen) atoms. The van der Waals surface area contributed by atoms with Crippen molar-refractivity contribution < 1.29 is 0 Å². The number of rotatable bonds is 1. The van der Waals surface area contributed by atoms with E-state index in [4.69, 9.17) is 0 Å². The highest BCUT2D eigenvalue weighted by atomic mass is 15.0. The summed E-state index contributed by atoms with van der Waals surface area (Å²) in [7, 11) is 0. The quantitative estimate of drug-likeness (QED) is 0.689. The molecule has 3 aliphatic rings. The molecule has 1 atom stereocenters. The molecule has 0 heterocycles. The van der Waals surface area contributed by atoms with Crippen molar-refractivity contribution in [2.75, 3.05) is 0 Å². The minimum absolute atomic E-state index is 0. The monoisotopic (exact) mass is 227 g/mol. The average molecular weight is 227 g/mol. The smallest absolute Gasteiger partial charge is 0.0103 e. The van der Waals surface area contributed by atoms with E-state index >= 15 is 0 Å². The van der Waals surface area contributed by atoms with E-state index in [0.29, 0.717) is 5.54 Å². The molecule has 0 saturated heterocycles. The van der Waals surface area contributed by atoms with Gasteiger partial charge in [0.15, 0.2) is 0 Å². The van der Waals surface area contributed by atoms with Crippen LogP contribution in [0.4, 0.5) is 0 Å². The Bertz CT molecular complexity index is 172. The molecule has 0 spiro atoms. The normalized spacial score (nSPS) is 32.4. The number of nitrogens with one attached hydrogen (secondary N) is 1. The van der Waals surface area contributed by atoms with Crippen LogP contribution in [0.2, 0.25) is 0 Å². The summed E-state index contributed by atoms with van der Waals surface area (Å²) in [5.74, 6) is 2.04. The fourth-order valence-electron chi connectivity index (χ4n) is 3.11. The van der Waals surface area contributed by atoms with Crippen LogP contribution < -0.4 is 5.32 Å². The van der Waals surface area contributed by atoms with Crippen molar-refractivity contribution in [2.45, 2.75) is 85.7 Å². The average Bonchev–Trinajstić information content (AvgIpc) is 2.20. The molecule has 0 radical (unpaired) electrons. The second-order valence-corrected chi connectivity index (χ2v) is 6.02. The van der Waals surface area contributed by atoms with Gasteiger partial charge in [0.2, 0.25) is 0 Å². The van der Waals surface area contributed by atoms with E-state index in [1.165, 1.54) is 32.1 Å². The van der Waals surface area contributed by atoms with Crippen LogP contribution in [0.1, 0.15) is 74.1 Å². The van der Waals surface area contributed by atoms with Gasteiger partial charge in [-0.25, -0.2) is 0 Å². The molecule has 3 fully saturated rings. The third-order valence-corrected chi connectivity index (χ3v) is 3.67. The van der Waals surface area contributed by atoms with Crippen molar-refractivity contribution >= 4 is 0 Å². The fourth-order valence-corrected chi connectivity index (χ4v) is 3.11. The van der Waals surface area contributed by atoms with Gasteiger partial charge in [0.05, 0.1) is 0 Å². The molecule has 1 unspecified atom stereocenters. The zero-order valence-electron chi connectivity index (χ0n) is 11.3. The highest BCUT2D eigenvalue weighted by molar-refractivity contribution is 4.93. The second-order valence-electron chi connectivity index (χ2n) is 6.02. The van der Waals surface area contributed by atoms with E-state index in [9.17, 15) is 0 Å². The van der Waals surface area contributed by atoms with Gasteiger partial charge in [-0.3, -0.25) is 0 Å². The van der Waals surface area contributed by atoms with Crippen LogP contribution in [0.25, 0.3) is 0 Å². The standard InChI is InChI=1S/C12H23N.C2H6.CH4/c1-12(2,3)13-11-8-9-4-6-10(11)7-5-9;1-2;/h9-11,13H,4-8H2,1-3H3;1-2H3;1H4. The predicted octanol–water partition coefficient (Wildman–Crippen LogP) is 4.62. The lowest BCUT2D eigenvalue weighted by molar-refractivity contribution is 0.106. The fraction of sp³-hybridized carbons (Fsp3) is 1.00. The number of hydrogen-bond acceptors (Lipinski definition) is 1. The van der Waals surface area contributed by atoms with Crippen LogP contribution in [-0.4, -0.2) is 11.6 Å². The molecule has 0 aromatic heterocycles. The van der Waals surface area contributed by atoms with Crippen molar-refractivity contribution in [2.24, 2.45) is 11.8 Å². The lowest BCUT2D eigenvalue weighted by atomic mass is 9.67. The molecule has 2 bridgehead atoms. The zero-order valence-corrected chi connectivity index (χ0v) is 11.3. The maximum absolute atomic E-state index is 3.79. The van der Waals surface area contributed by atoms with Crippen LogP contribution in [0.15, 0.2) is 0 Å². The van der Waals surface area contributed by atoms with E-state index in [2.05, 4.69) is 26.1 Å². The van der Waals surface area contributed by atoms with Gasteiger partial charge < -0.3 is 5.32 Å². The van der Waals surface area contributed by atoms with Gasteiger partial charge in [-0.1, -0.05) is 34.1 Å². The lowest BCUT2D eigenvalue weighted by Crippen LogP contribution is -2.51. The van der Waals surface area contributed by atoms with Crippen molar-refractivity contribution in [1.29, 1.82) is 0 Å². The van der Waals surface area contributed by atoms with Gasteiger partial charge in [-0.2, -0.15) is 0 Å². The Hall–Kier alpha value is -0.0400. The van der Waals surface area contributed by atoms with Gasteiger partial charge in [0, 0.05) is 11.6 Å². The number of fused-ring (bicyclic) bond motifs is 3. The first-order valence-corrected chi connectivity index (χ1v) is 6.82. The summed E-state index contributed by atoms with van der Waals surface area (Å²) in [5, 5.41) is 3.79. The Morgan fingerprint density at radius 1 is 0.938 bits per heavy atom. The SMILES string of the molecule is C.CC.CC(C)(C)NC1CC2CCC1CC2. The van der Waals surface area contributed by atoms with Crippen molar-refractivity contribution in [3.8, 4) is 0 Å². The molecule has 1 heteroatoms. The predicted molar refractivity (Wildman–Crippen MR) is 74.8 cm³/mol. The summed E-state index contributed by atoms with van der Waals surface area (Å²) in [6, 6.07) is 0.826. The molecular formula is C15H33N. The van der Waals surface area contributed by atoms with Gasteiger partial charge >= 0.3 is 0 Å². The first-order chi connectivity index (χ1) is 7.04. The lowest BCUT2D eigenvalue weighted by Gasteiger charge is -2.45. The van der Waals surface area contributed by atoms with E-state index < -0.39 is 0 Å². The van der Waals surface area contributed by atoms with Crippen LogP contribution in [0, 0.1) is 11.8 Å². The summed E-state index contributed by atoms with van der Waals surface area (Å²) >= 11 is 0. The van der Waals surface area contributed by atoms with Crippen LogP contribution in [0.5, 0.6) is 0 Å². The Labute approximate surface area is 103 Å². The van der Waals surface area contributed by atoms with E-state index in [-0.39, 0.29) is 7.43 Å². The third kappa shape index (κ3) is 4.45. The zero-order chi connectivity index (χ0) is 11.5. The molecular weight excluding hydrogens is 194 g/mol. The summed E-state index contributed by atoms with van der Waals surface area (Å²) < 4.78 is 0. The maximum atomic E-state index is 3.79. The van der Waals surface area contributed by atoms with Crippen LogP contribution in [-0.2, 0) is 0 Å². The molecule has 0 aromatic carbocycles. The molecule has 3 aliphatic carbocycles. The maximum Gasteiger partial charge on any atom is 0.0103 e. The largest absolute Gasteiger partial charge is 0.309 e. The minimum Gasteiger partial charge on any atom is -0.309 e. The van der Waals surface area contributed by atoms with Gasteiger partial charge in [-0.05, 0) is 51.9 Å². The molecule has 1 N–H and O–H groups in total. The first-order valence-electron chi connectivity index (χ1n) is 6.82. The van der Waals surface area contributed by atoms with Crippen molar-refractivity contribution in [3.05, 3.63) is 0 Å². The Morgan fingerprint density at radius 3 is 1.75 bits per heavy atom. The molecule has 0 aliphatic heterocycles. The molecule has 3 saturated carbocycles. The minimum atomic E-state index is 0. The number of hydrogen-bond donors (Lipinski definition) is 1. The van der Waals surface area contributed by atoms with E-state index in [1.54, 1.807) is 0 Å². The summed E-state index contributed by atoms with van der Waals surface area (Å²) in [5.41, 5.74) is 0.308. The summed E-state index contributed by atoms with van der Waals surface area (Å²) in [4.78, 5) is 0. The molecule has 98 valence electrons. The van der Waals surface area contributed by atoms with Gasteiger partial charge in [-0.15, -0.1) is 0 Å². The van der Waals surface area contributed by atoms with Crippen LogP contribution >= 0.6 is 0 Å². The topological polar surface area (TPSA) is 12.0 Å². The molecule has 1 nitrogen and oxygen atoms in total. The Kier molecular flexibility index (Phi) is 6.62. The van der Waals surface area contributed by atoms with E-state index in [1.807, 2.05) is 13.8 Å². The first kappa shape index (κ1) is 16.0. The molecule has 3 rings (SSSR count). The second kappa shape index (κ2) is 6.64. The van der Waals surface area contributed by atoms with E-state index in [0.717, 1.165) is 17.9 Å². The highest BCUT2D eigenvalue weighted by Gasteiger charge is 2.36. The molecule has 0 amide bonds.